The van der Waals surface area contributed by atoms with Gasteiger partial charge >= 0.3 is 5.97 Å². The normalized spacial score (nSPS) is 9.55. The smallest absolute Gasteiger partial charge is 0.337 e. The maximum absolute atomic E-state index is 10.4. The minimum Gasteiger partial charge on any atom is -0.478 e. The van der Waals surface area contributed by atoms with Crippen LogP contribution in [-0.4, -0.2) is 20.6 Å². The van der Waals surface area contributed by atoms with E-state index in [-0.39, 0.29) is 5.57 Å². The van der Waals surface area contributed by atoms with Gasteiger partial charge in [0.25, 0.3) is 0 Å². The fourth-order valence-corrected chi connectivity index (χ4v) is 0.758. The van der Waals surface area contributed by atoms with Crippen molar-refractivity contribution < 1.29 is 9.90 Å². The summed E-state index contributed by atoms with van der Waals surface area (Å²) in [5, 5.41) is 8.54. The van der Waals surface area contributed by atoms with Gasteiger partial charge in [-0.3, -0.25) is 0 Å². The molecule has 1 rings (SSSR count). The van der Waals surface area contributed by atoms with E-state index >= 15 is 0 Å². The number of aryl methyl sites for hydroxylation is 1. The number of imidazole rings is 1. The zero-order valence-electron chi connectivity index (χ0n) is 6.11. The summed E-state index contributed by atoms with van der Waals surface area (Å²) in [6.07, 6.45) is 3.00. The molecular weight excluding hydrogens is 144 g/mol. The van der Waals surface area contributed by atoms with Crippen LogP contribution in [0.15, 0.2) is 19.1 Å². The predicted molar refractivity (Wildman–Crippen MR) is 39.9 cm³/mol. The van der Waals surface area contributed by atoms with Gasteiger partial charge in [0.05, 0.1) is 23.8 Å². The van der Waals surface area contributed by atoms with Crippen LogP contribution >= 0.6 is 0 Å². The molecule has 0 aliphatic heterocycles. The largest absolute Gasteiger partial charge is 0.478 e. The molecule has 4 heteroatoms. The molecule has 11 heavy (non-hydrogen) atoms. The number of nitrogens with zero attached hydrogens (tertiary/aromatic N) is 2. The molecule has 0 aromatic carbocycles. The predicted octanol–water partition coefficient (Wildman–Crippen LogP) is 0.518. The summed E-state index contributed by atoms with van der Waals surface area (Å²) in [4.78, 5) is 14.2. The average molecular weight is 152 g/mol. The van der Waals surface area contributed by atoms with Crippen LogP contribution in [0.2, 0.25) is 0 Å². The van der Waals surface area contributed by atoms with Crippen LogP contribution in [0.4, 0.5) is 0 Å². The molecule has 0 unspecified atom stereocenters. The molecule has 0 aliphatic carbocycles. The van der Waals surface area contributed by atoms with E-state index in [1.54, 1.807) is 11.6 Å². The van der Waals surface area contributed by atoms with Crippen molar-refractivity contribution in [2.24, 2.45) is 7.05 Å². The Hall–Kier alpha value is -1.58. The lowest BCUT2D eigenvalue weighted by Gasteiger charge is -1.99. The van der Waals surface area contributed by atoms with Gasteiger partial charge in [-0.1, -0.05) is 6.58 Å². The van der Waals surface area contributed by atoms with Gasteiger partial charge in [-0.2, -0.15) is 0 Å². The number of carbonyl (C=O) groups is 1. The number of aromatic nitrogens is 2. The SMILES string of the molecule is C=C(C(=O)O)c1cncn1C. The van der Waals surface area contributed by atoms with Crippen LogP contribution in [-0.2, 0) is 11.8 Å². The van der Waals surface area contributed by atoms with Gasteiger partial charge in [-0.15, -0.1) is 0 Å². The molecule has 1 aromatic rings. The average Bonchev–Trinajstić information content (AvgIpc) is 2.33. The highest BCUT2D eigenvalue weighted by atomic mass is 16.4. The maximum Gasteiger partial charge on any atom is 0.337 e. The standard InChI is InChI=1S/C7H8N2O2/c1-5(7(10)11)6-3-8-4-9(6)2/h3-4H,1H2,2H3,(H,10,11). The Kier molecular flexibility index (Phi) is 1.76. The second-order valence-electron chi connectivity index (χ2n) is 2.17. The van der Waals surface area contributed by atoms with E-state index in [4.69, 9.17) is 5.11 Å². The Balaban J connectivity index is 3.02. The molecule has 0 atom stereocenters. The van der Waals surface area contributed by atoms with Crippen molar-refractivity contribution in [3.63, 3.8) is 0 Å². The van der Waals surface area contributed by atoms with Gasteiger partial charge in [0.1, 0.15) is 0 Å². The highest BCUT2D eigenvalue weighted by Gasteiger charge is 2.09. The molecule has 0 aliphatic rings. The zero-order chi connectivity index (χ0) is 8.43. The fourth-order valence-electron chi connectivity index (χ4n) is 0.758. The Morgan fingerprint density at radius 3 is 2.82 bits per heavy atom. The Morgan fingerprint density at radius 2 is 2.45 bits per heavy atom. The first-order chi connectivity index (χ1) is 5.13. The Morgan fingerprint density at radius 1 is 1.82 bits per heavy atom. The van der Waals surface area contributed by atoms with Crippen molar-refractivity contribution in [1.82, 2.24) is 9.55 Å². The summed E-state index contributed by atoms with van der Waals surface area (Å²) < 4.78 is 1.61. The molecule has 0 fully saturated rings. The second kappa shape index (κ2) is 2.57. The molecule has 0 spiro atoms. The number of carboxylic acid groups (broad SMARTS) is 1. The fraction of sp³-hybridized carbons (Fsp3) is 0.143. The first-order valence-corrected chi connectivity index (χ1v) is 3.02. The van der Waals surface area contributed by atoms with Crippen molar-refractivity contribution in [3.8, 4) is 0 Å². The van der Waals surface area contributed by atoms with Crippen molar-refractivity contribution in [1.29, 1.82) is 0 Å². The molecule has 0 amide bonds. The topological polar surface area (TPSA) is 55.1 Å². The highest BCUT2D eigenvalue weighted by molar-refractivity contribution is 6.13. The molecular formula is C7H8N2O2. The lowest BCUT2D eigenvalue weighted by molar-refractivity contribution is -0.130. The molecule has 0 bridgehead atoms. The van der Waals surface area contributed by atoms with Crippen molar-refractivity contribution in [3.05, 3.63) is 24.8 Å². The lowest BCUT2D eigenvalue weighted by atomic mass is 10.2. The van der Waals surface area contributed by atoms with Crippen LogP contribution in [0.3, 0.4) is 0 Å². The summed E-state index contributed by atoms with van der Waals surface area (Å²) in [6, 6.07) is 0. The third-order valence-electron chi connectivity index (χ3n) is 1.38. The van der Waals surface area contributed by atoms with E-state index in [9.17, 15) is 4.79 Å². The van der Waals surface area contributed by atoms with Gasteiger partial charge in [-0.25, -0.2) is 9.78 Å². The Bertz CT molecular complexity index is 301. The summed E-state index contributed by atoms with van der Waals surface area (Å²) in [5.74, 6) is -1.02. The number of rotatable bonds is 2. The first kappa shape index (κ1) is 7.53. The molecule has 0 radical (unpaired) electrons. The molecule has 4 nitrogen and oxygen atoms in total. The highest BCUT2D eigenvalue weighted by Crippen LogP contribution is 2.09. The summed E-state index contributed by atoms with van der Waals surface area (Å²) in [6.45, 7) is 3.40. The summed E-state index contributed by atoms with van der Waals surface area (Å²) >= 11 is 0. The third kappa shape index (κ3) is 1.29. The molecule has 58 valence electrons. The zero-order valence-corrected chi connectivity index (χ0v) is 6.11. The molecule has 0 saturated carbocycles. The maximum atomic E-state index is 10.4. The number of hydrogen-bond donors (Lipinski definition) is 1. The van der Waals surface area contributed by atoms with Crippen LogP contribution < -0.4 is 0 Å². The van der Waals surface area contributed by atoms with Gasteiger partial charge in [-0.05, 0) is 0 Å². The van der Waals surface area contributed by atoms with Crippen LogP contribution in [0.1, 0.15) is 5.69 Å². The molecule has 0 saturated heterocycles. The van der Waals surface area contributed by atoms with Gasteiger partial charge in [0, 0.05) is 7.05 Å². The van der Waals surface area contributed by atoms with E-state index in [1.165, 1.54) is 12.5 Å². The van der Waals surface area contributed by atoms with Crippen molar-refractivity contribution in [2.75, 3.05) is 0 Å². The second-order valence-corrected chi connectivity index (χ2v) is 2.17. The van der Waals surface area contributed by atoms with E-state index in [0.717, 1.165) is 0 Å². The number of aliphatic carboxylic acids is 1. The quantitative estimate of drug-likeness (QED) is 0.628. The summed E-state index contributed by atoms with van der Waals surface area (Å²) in [5.41, 5.74) is 0.586. The Labute approximate surface area is 63.8 Å². The van der Waals surface area contributed by atoms with Gasteiger partial charge in [0.2, 0.25) is 0 Å². The van der Waals surface area contributed by atoms with Gasteiger partial charge in [0.15, 0.2) is 0 Å². The van der Waals surface area contributed by atoms with Gasteiger partial charge < -0.3 is 9.67 Å². The van der Waals surface area contributed by atoms with E-state index in [0.29, 0.717) is 5.69 Å². The van der Waals surface area contributed by atoms with Crippen LogP contribution in [0.25, 0.3) is 5.57 Å². The molecule has 1 heterocycles. The van der Waals surface area contributed by atoms with E-state index in [2.05, 4.69) is 11.6 Å². The molecule has 1 N–H and O–H groups in total. The van der Waals surface area contributed by atoms with Crippen molar-refractivity contribution in [2.45, 2.75) is 0 Å². The monoisotopic (exact) mass is 152 g/mol. The summed E-state index contributed by atoms with van der Waals surface area (Å²) in [7, 11) is 1.72. The first-order valence-electron chi connectivity index (χ1n) is 3.02. The lowest BCUT2D eigenvalue weighted by Crippen LogP contribution is -2.02. The van der Waals surface area contributed by atoms with Crippen molar-refractivity contribution >= 4 is 11.5 Å². The van der Waals surface area contributed by atoms with Crippen LogP contribution in [0.5, 0.6) is 0 Å². The number of hydrogen-bond acceptors (Lipinski definition) is 2. The minimum absolute atomic E-state index is 0.0602. The molecule has 1 aromatic heterocycles. The van der Waals surface area contributed by atoms with E-state index < -0.39 is 5.97 Å². The van der Waals surface area contributed by atoms with E-state index in [1.807, 2.05) is 0 Å². The third-order valence-corrected chi connectivity index (χ3v) is 1.38. The van der Waals surface area contributed by atoms with Crippen LogP contribution in [0, 0.1) is 0 Å². The number of carboxylic acids is 1. The minimum atomic E-state index is -1.02.